The molecule has 0 N–H and O–H groups in total. The summed E-state index contributed by atoms with van der Waals surface area (Å²) in [6.07, 6.45) is 4.87. The van der Waals surface area contributed by atoms with Gasteiger partial charge in [0, 0.05) is 30.1 Å². The zero-order chi connectivity index (χ0) is 16.9. The summed E-state index contributed by atoms with van der Waals surface area (Å²) in [6, 6.07) is 13.9. The molecule has 4 nitrogen and oxygen atoms in total. The van der Waals surface area contributed by atoms with Crippen LogP contribution in [0.25, 0.3) is 22.5 Å². The second-order valence-corrected chi connectivity index (χ2v) is 6.44. The number of pyridine rings is 1. The van der Waals surface area contributed by atoms with Crippen molar-refractivity contribution in [1.82, 2.24) is 19.7 Å². The lowest BCUT2D eigenvalue weighted by molar-refractivity contribution is 0.381. The summed E-state index contributed by atoms with van der Waals surface area (Å²) in [5, 5.41) is 5.34. The third kappa shape index (κ3) is 4.02. The molecule has 0 aliphatic heterocycles. The number of hydrogen-bond donors (Lipinski definition) is 0. The highest BCUT2D eigenvalue weighted by Crippen LogP contribution is 2.28. The number of hydrogen-bond acceptors (Lipinski definition) is 3. The van der Waals surface area contributed by atoms with Gasteiger partial charge in [-0.05, 0) is 51.3 Å². The van der Waals surface area contributed by atoms with Gasteiger partial charge in [-0.3, -0.25) is 9.67 Å². The lowest BCUT2D eigenvalue weighted by Crippen LogP contribution is -2.15. The van der Waals surface area contributed by atoms with Crippen LogP contribution in [0, 0.1) is 0 Å². The molecule has 0 saturated carbocycles. The number of aryl methyl sites for hydroxylation is 1. The molecular weight excluding hydrogens is 320 g/mol. The Balaban J connectivity index is 1.80. The zero-order valence-electron chi connectivity index (χ0n) is 14.0. The van der Waals surface area contributed by atoms with Crippen molar-refractivity contribution in [3.05, 3.63) is 59.9 Å². The van der Waals surface area contributed by atoms with Crippen LogP contribution < -0.4 is 0 Å². The van der Waals surface area contributed by atoms with Crippen molar-refractivity contribution in [2.75, 3.05) is 20.6 Å². The predicted molar refractivity (Wildman–Crippen MR) is 99.1 cm³/mol. The second kappa shape index (κ2) is 7.60. The Morgan fingerprint density at radius 1 is 1.08 bits per heavy atom. The molecule has 2 heterocycles. The van der Waals surface area contributed by atoms with Gasteiger partial charge in [-0.2, -0.15) is 5.10 Å². The molecule has 0 radical (unpaired) electrons. The normalized spacial score (nSPS) is 11.2. The first-order valence-electron chi connectivity index (χ1n) is 8.03. The van der Waals surface area contributed by atoms with Crippen LogP contribution in [0.4, 0.5) is 0 Å². The van der Waals surface area contributed by atoms with Crippen LogP contribution in [0.15, 0.2) is 54.9 Å². The maximum atomic E-state index is 6.26. The van der Waals surface area contributed by atoms with E-state index in [2.05, 4.69) is 47.3 Å². The van der Waals surface area contributed by atoms with Gasteiger partial charge in [-0.25, -0.2) is 0 Å². The summed E-state index contributed by atoms with van der Waals surface area (Å²) in [6.45, 7) is 1.98. The van der Waals surface area contributed by atoms with Crippen molar-refractivity contribution in [1.29, 1.82) is 0 Å². The molecule has 0 amide bonds. The Morgan fingerprint density at radius 2 is 1.92 bits per heavy atom. The maximum absolute atomic E-state index is 6.26. The van der Waals surface area contributed by atoms with Gasteiger partial charge in [0.05, 0.1) is 16.4 Å². The Labute approximate surface area is 147 Å². The van der Waals surface area contributed by atoms with E-state index in [1.807, 2.05) is 35.1 Å². The number of benzene rings is 1. The third-order valence-electron chi connectivity index (χ3n) is 3.82. The first-order chi connectivity index (χ1) is 11.6. The Morgan fingerprint density at radius 3 is 2.71 bits per heavy atom. The molecule has 0 unspecified atom stereocenters. The number of aromatic nitrogens is 3. The Bertz CT molecular complexity index is 810. The van der Waals surface area contributed by atoms with Crippen molar-refractivity contribution in [3.63, 3.8) is 0 Å². The van der Waals surface area contributed by atoms with Crippen LogP contribution in [0.2, 0.25) is 5.02 Å². The molecule has 1 aromatic carbocycles. The van der Waals surface area contributed by atoms with Gasteiger partial charge in [0.2, 0.25) is 0 Å². The van der Waals surface area contributed by atoms with Gasteiger partial charge in [0.1, 0.15) is 0 Å². The smallest absolute Gasteiger partial charge is 0.0923 e. The highest BCUT2D eigenvalue weighted by atomic mass is 35.5. The minimum Gasteiger partial charge on any atom is -0.309 e. The summed E-state index contributed by atoms with van der Waals surface area (Å²) in [7, 11) is 4.17. The molecule has 0 bridgehead atoms. The summed E-state index contributed by atoms with van der Waals surface area (Å²) in [5.74, 6) is 0. The SMILES string of the molecule is CN(C)CCCn1ccc(-c2cccc(-c3ncccc3Cl)c2)n1. The van der Waals surface area contributed by atoms with Crippen LogP contribution in [0.3, 0.4) is 0 Å². The quantitative estimate of drug-likeness (QED) is 0.673. The maximum Gasteiger partial charge on any atom is 0.0923 e. The van der Waals surface area contributed by atoms with Gasteiger partial charge in [-0.15, -0.1) is 0 Å². The first-order valence-corrected chi connectivity index (χ1v) is 8.41. The number of halogens is 1. The van der Waals surface area contributed by atoms with Crippen molar-refractivity contribution >= 4 is 11.6 Å². The number of nitrogens with zero attached hydrogens (tertiary/aromatic N) is 4. The molecule has 124 valence electrons. The van der Waals surface area contributed by atoms with E-state index < -0.39 is 0 Å². The number of rotatable bonds is 6. The molecule has 3 aromatic rings. The van der Waals surface area contributed by atoms with Crippen molar-refractivity contribution < 1.29 is 0 Å². The zero-order valence-corrected chi connectivity index (χ0v) is 14.7. The summed E-state index contributed by atoms with van der Waals surface area (Å²) in [4.78, 5) is 6.57. The van der Waals surface area contributed by atoms with Crippen LogP contribution in [-0.4, -0.2) is 40.3 Å². The van der Waals surface area contributed by atoms with E-state index in [9.17, 15) is 0 Å². The summed E-state index contributed by atoms with van der Waals surface area (Å²) < 4.78 is 2.00. The Hall–Kier alpha value is -2.17. The fourth-order valence-electron chi connectivity index (χ4n) is 2.61. The van der Waals surface area contributed by atoms with Crippen LogP contribution >= 0.6 is 11.6 Å². The van der Waals surface area contributed by atoms with E-state index in [1.54, 1.807) is 6.20 Å². The molecule has 0 atom stereocenters. The van der Waals surface area contributed by atoms with Gasteiger partial charge in [0.25, 0.3) is 0 Å². The molecule has 3 rings (SSSR count). The van der Waals surface area contributed by atoms with Crippen LogP contribution in [0.1, 0.15) is 6.42 Å². The molecule has 2 aromatic heterocycles. The summed E-state index contributed by atoms with van der Waals surface area (Å²) >= 11 is 6.26. The van der Waals surface area contributed by atoms with E-state index in [-0.39, 0.29) is 0 Å². The molecule has 5 heteroatoms. The topological polar surface area (TPSA) is 34.0 Å². The van der Waals surface area contributed by atoms with E-state index >= 15 is 0 Å². The highest BCUT2D eigenvalue weighted by molar-refractivity contribution is 6.33. The highest BCUT2D eigenvalue weighted by Gasteiger charge is 2.08. The van der Waals surface area contributed by atoms with Crippen molar-refractivity contribution in [3.8, 4) is 22.5 Å². The van der Waals surface area contributed by atoms with Crippen LogP contribution in [0.5, 0.6) is 0 Å². The fourth-order valence-corrected chi connectivity index (χ4v) is 2.84. The molecule has 0 aliphatic carbocycles. The van der Waals surface area contributed by atoms with E-state index in [0.29, 0.717) is 5.02 Å². The molecule has 24 heavy (non-hydrogen) atoms. The van der Waals surface area contributed by atoms with Crippen molar-refractivity contribution in [2.45, 2.75) is 13.0 Å². The van der Waals surface area contributed by atoms with Crippen molar-refractivity contribution in [2.24, 2.45) is 0 Å². The largest absolute Gasteiger partial charge is 0.309 e. The Kier molecular flexibility index (Phi) is 5.28. The standard InChI is InChI=1S/C19H21ClN4/c1-23(2)11-5-12-24-13-9-18(22-24)15-6-3-7-16(14-15)19-17(20)8-4-10-21-19/h3-4,6-10,13-14H,5,11-12H2,1-2H3. The van der Waals surface area contributed by atoms with E-state index in [0.717, 1.165) is 42.0 Å². The first kappa shape index (κ1) is 16.7. The lowest BCUT2D eigenvalue weighted by Gasteiger charge is -2.08. The molecule has 0 fully saturated rings. The summed E-state index contributed by atoms with van der Waals surface area (Å²) in [5.41, 5.74) is 3.83. The van der Waals surface area contributed by atoms with Gasteiger partial charge in [0.15, 0.2) is 0 Å². The van der Waals surface area contributed by atoms with E-state index in [4.69, 9.17) is 11.6 Å². The minimum atomic E-state index is 0.656. The van der Waals surface area contributed by atoms with Crippen LogP contribution in [-0.2, 0) is 6.54 Å². The molecule has 0 saturated heterocycles. The lowest BCUT2D eigenvalue weighted by atomic mass is 10.1. The second-order valence-electron chi connectivity index (χ2n) is 6.04. The minimum absolute atomic E-state index is 0.656. The molecule has 0 spiro atoms. The molecule has 0 aliphatic rings. The average Bonchev–Trinajstić information content (AvgIpc) is 3.04. The van der Waals surface area contributed by atoms with Gasteiger partial charge >= 0.3 is 0 Å². The molecular formula is C19H21ClN4. The average molecular weight is 341 g/mol. The third-order valence-corrected chi connectivity index (χ3v) is 4.13. The monoisotopic (exact) mass is 340 g/mol. The fraction of sp³-hybridized carbons (Fsp3) is 0.263. The van der Waals surface area contributed by atoms with Gasteiger partial charge < -0.3 is 4.90 Å². The van der Waals surface area contributed by atoms with E-state index in [1.165, 1.54) is 0 Å². The predicted octanol–water partition coefficient (Wildman–Crippen LogP) is 4.22. The van der Waals surface area contributed by atoms with Gasteiger partial charge in [-0.1, -0.05) is 29.8 Å².